The quantitative estimate of drug-likeness (QED) is 0.305. The van der Waals surface area contributed by atoms with Crippen LogP contribution in [0.2, 0.25) is 0 Å². The van der Waals surface area contributed by atoms with Gasteiger partial charge in [0.15, 0.2) is 15.6 Å². The van der Waals surface area contributed by atoms with Gasteiger partial charge >= 0.3 is 5.97 Å². The summed E-state index contributed by atoms with van der Waals surface area (Å²) in [5, 5.41) is 13.7. The summed E-state index contributed by atoms with van der Waals surface area (Å²) in [5.41, 5.74) is 1.99. The second-order valence-corrected chi connectivity index (χ2v) is 21.3. The van der Waals surface area contributed by atoms with Crippen molar-refractivity contribution >= 4 is 27.2 Å². The zero-order valence-electron chi connectivity index (χ0n) is 31.7. The van der Waals surface area contributed by atoms with Crippen LogP contribution >= 0.6 is 0 Å². The number of carboxylic acids is 1. The lowest BCUT2D eigenvalue weighted by atomic mass is 9.32. The third-order valence-corrected chi connectivity index (χ3v) is 18.2. The Morgan fingerprint density at radius 1 is 0.900 bits per heavy atom. The van der Waals surface area contributed by atoms with Gasteiger partial charge in [0.2, 0.25) is 0 Å². The molecule has 0 radical (unpaired) electrons. The first-order valence-electron chi connectivity index (χ1n) is 19.7. The molecule has 0 amide bonds. The number of allylic oxidation sites excluding steroid dienone is 2. The maximum Gasteiger partial charge on any atom is 0.335 e. The lowest BCUT2D eigenvalue weighted by molar-refractivity contribution is -0.218. The SMILES string of the molecule is CC(C)C1CC[C@]2(NCCN3CCS(=O)(=O)CC3)CC[C@]3(C)[C@H](CCC4[C@@]5(C)C(=O)C=C(c6ccc(C(=O)O)cc6)C(C)(C)C5CC[C@]43C)C12. The van der Waals surface area contributed by atoms with Crippen molar-refractivity contribution in [2.45, 2.75) is 105 Å². The number of carbonyl (C=O) groups excluding carboxylic acids is 1. The number of carbonyl (C=O) groups is 2. The van der Waals surface area contributed by atoms with Crippen molar-refractivity contribution in [1.82, 2.24) is 10.2 Å². The first-order chi connectivity index (χ1) is 23.4. The molecule has 50 heavy (non-hydrogen) atoms. The lowest BCUT2D eigenvalue weighted by Crippen LogP contribution is -2.69. The number of nitrogens with zero attached hydrogens (tertiary/aromatic N) is 1. The molecule has 2 N–H and O–H groups in total. The molecule has 1 aromatic carbocycles. The van der Waals surface area contributed by atoms with E-state index in [-0.39, 0.29) is 50.6 Å². The average Bonchev–Trinajstić information content (AvgIpc) is 3.44. The lowest BCUT2D eigenvalue weighted by Gasteiger charge is -2.72. The number of rotatable bonds is 7. The van der Waals surface area contributed by atoms with Crippen LogP contribution in [0.25, 0.3) is 5.57 Å². The van der Waals surface area contributed by atoms with Gasteiger partial charge in [0, 0.05) is 37.1 Å². The van der Waals surface area contributed by atoms with Gasteiger partial charge in [-0.25, -0.2) is 13.2 Å². The van der Waals surface area contributed by atoms with Gasteiger partial charge in [-0.2, -0.15) is 0 Å². The van der Waals surface area contributed by atoms with E-state index < -0.39 is 21.2 Å². The van der Waals surface area contributed by atoms with E-state index in [9.17, 15) is 23.1 Å². The van der Waals surface area contributed by atoms with Gasteiger partial charge in [0.05, 0.1) is 17.1 Å². The van der Waals surface area contributed by atoms with E-state index >= 15 is 0 Å². The van der Waals surface area contributed by atoms with Gasteiger partial charge in [0.25, 0.3) is 0 Å². The summed E-state index contributed by atoms with van der Waals surface area (Å²) in [7, 11) is -2.88. The van der Waals surface area contributed by atoms with Crippen molar-refractivity contribution in [1.29, 1.82) is 0 Å². The van der Waals surface area contributed by atoms with Crippen molar-refractivity contribution < 1.29 is 23.1 Å². The Balaban J connectivity index is 1.17. The number of hydrogen-bond acceptors (Lipinski definition) is 6. The van der Waals surface area contributed by atoms with E-state index in [1.807, 2.05) is 18.2 Å². The molecule has 9 atom stereocenters. The topological polar surface area (TPSA) is 104 Å². The van der Waals surface area contributed by atoms with Crippen LogP contribution in [0.3, 0.4) is 0 Å². The maximum atomic E-state index is 14.7. The number of carboxylic acid groups (broad SMARTS) is 1. The van der Waals surface area contributed by atoms with E-state index in [2.05, 4.69) is 58.7 Å². The maximum absolute atomic E-state index is 14.7. The summed E-state index contributed by atoms with van der Waals surface area (Å²) in [6, 6.07) is 7.10. The van der Waals surface area contributed by atoms with Crippen molar-refractivity contribution in [3.05, 3.63) is 41.5 Å². The Hall–Kier alpha value is -2.03. The molecule has 276 valence electrons. The number of ketones is 1. The molecule has 1 saturated heterocycles. The third-order valence-electron chi connectivity index (χ3n) is 16.6. The number of nitrogens with one attached hydrogen (secondary N) is 1. The van der Waals surface area contributed by atoms with Crippen molar-refractivity contribution in [3.8, 4) is 0 Å². The second-order valence-electron chi connectivity index (χ2n) is 19.0. The normalized spacial score (nSPS) is 42.2. The van der Waals surface area contributed by atoms with E-state index in [4.69, 9.17) is 0 Å². The van der Waals surface area contributed by atoms with Crippen LogP contribution in [0.4, 0.5) is 0 Å². The minimum Gasteiger partial charge on any atom is -0.478 e. The predicted octanol–water partition coefficient (Wildman–Crippen LogP) is 7.37. The highest BCUT2D eigenvalue weighted by atomic mass is 32.2. The van der Waals surface area contributed by atoms with Crippen LogP contribution < -0.4 is 5.32 Å². The van der Waals surface area contributed by atoms with Gasteiger partial charge in [-0.1, -0.05) is 60.6 Å². The molecule has 5 fully saturated rings. The van der Waals surface area contributed by atoms with Crippen molar-refractivity contribution in [2.75, 3.05) is 37.7 Å². The van der Waals surface area contributed by atoms with E-state index in [0.717, 1.165) is 43.5 Å². The Kier molecular flexibility index (Phi) is 8.91. The summed E-state index contributed by atoms with van der Waals surface area (Å²) in [6.07, 6.45) is 11.3. The first kappa shape index (κ1) is 36.3. The molecule has 4 unspecified atom stereocenters. The van der Waals surface area contributed by atoms with Crippen molar-refractivity contribution in [3.63, 3.8) is 0 Å². The predicted molar refractivity (Wildman–Crippen MR) is 200 cm³/mol. The Morgan fingerprint density at radius 3 is 2.22 bits per heavy atom. The summed E-state index contributed by atoms with van der Waals surface area (Å²) in [5.74, 6) is 3.01. The number of fused-ring (bicyclic) bond motifs is 7. The fraction of sp³-hybridized carbons (Fsp3) is 0.762. The molecule has 8 heteroatoms. The first-order valence-corrected chi connectivity index (χ1v) is 21.5. The Morgan fingerprint density at radius 2 is 1.58 bits per heavy atom. The highest BCUT2D eigenvalue weighted by molar-refractivity contribution is 7.91. The summed E-state index contributed by atoms with van der Waals surface area (Å²) in [4.78, 5) is 28.6. The van der Waals surface area contributed by atoms with Crippen LogP contribution in [0, 0.1) is 57.2 Å². The average molecular weight is 707 g/mol. The largest absolute Gasteiger partial charge is 0.478 e. The Labute approximate surface area is 301 Å². The minimum atomic E-state index is -2.88. The van der Waals surface area contributed by atoms with Crippen LogP contribution in [0.15, 0.2) is 30.3 Å². The van der Waals surface area contributed by atoms with E-state index in [0.29, 0.717) is 42.7 Å². The molecule has 1 aliphatic heterocycles. The highest BCUT2D eigenvalue weighted by Crippen LogP contribution is 2.76. The second kappa shape index (κ2) is 12.3. The van der Waals surface area contributed by atoms with Gasteiger partial charge in [-0.05, 0) is 132 Å². The third kappa shape index (κ3) is 5.34. The summed E-state index contributed by atoms with van der Waals surface area (Å²) >= 11 is 0. The molecule has 0 spiro atoms. The molecule has 5 aliphatic carbocycles. The highest BCUT2D eigenvalue weighted by Gasteiger charge is 2.72. The molecule has 1 aromatic rings. The van der Waals surface area contributed by atoms with Crippen LogP contribution in [-0.2, 0) is 14.6 Å². The Bertz CT molecular complexity index is 1650. The molecule has 7 rings (SSSR count). The van der Waals surface area contributed by atoms with Gasteiger partial charge in [-0.15, -0.1) is 0 Å². The molecule has 6 aliphatic rings. The van der Waals surface area contributed by atoms with E-state index in [1.54, 1.807) is 12.1 Å². The number of sulfone groups is 1. The number of benzene rings is 1. The molecular formula is C42H62N2O5S. The zero-order chi connectivity index (χ0) is 36.1. The van der Waals surface area contributed by atoms with Crippen LogP contribution in [0.5, 0.6) is 0 Å². The van der Waals surface area contributed by atoms with Gasteiger partial charge < -0.3 is 15.3 Å². The van der Waals surface area contributed by atoms with Crippen LogP contribution in [-0.4, -0.2) is 73.4 Å². The van der Waals surface area contributed by atoms with Gasteiger partial charge in [0.1, 0.15) is 0 Å². The molecule has 4 saturated carbocycles. The smallest absolute Gasteiger partial charge is 0.335 e. The zero-order valence-corrected chi connectivity index (χ0v) is 32.5. The minimum absolute atomic E-state index is 0.0664. The van der Waals surface area contributed by atoms with Gasteiger partial charge in [-0.3, -0.25) is 4.79 Å². The fourth-order valence-corrected chi connectivity index (χ4v) is 15.0. The molecule has 7 nitrogen and oxygen atoms in total. The number of aromatic carboxylic acids is 1. The molecule has 1 heterocycles. The molecular weight excluding hydrogens is 645 g/mol. The summed E-state index contributed by atoms with van der Waals surface area (Å²) < 4.78 is 24.1. The molecule has 0 aromatic heterocycles. The van der Waals surface area contributed by atoms with Crippen molar-refractivity contribution in [2.24, 2.45) is 57.2 Å². The van der Waals surface area contributed by atoms with Crippen LogP contribution in [0.1, 0.15) is 116 Å². The number of hydrogen-bond donors (Lipinski definition) is 2. The van der Waals surface area contributed by atoms with E-state index in [1.165, 1.54) is 32.1 Å². The molecule has 0 bridgehead atoms. The summed E-state index contributed by atoms with van der Waals surface area (Å²) in [6.45, 7) is 20.2. The monoisotopic (exact) mass is 706 g/mol. The standard InChI is InChI=1S/C42H62N2O5S/c1-27(2)30-14-17-42(43-20-21-44-22-24-50(48,49)25-23-44)19-18-39(5)31(36(30)42)12-13-34-40(39,6)16-15-33-38(3,4)32(26-35(45)41(33,34)7)28-8-10-29(11-9-28)37(46)47/h8-11,26-27,30-31,33-34,36,43H,12-25H2,1-7H3,(H,46,47)/t30?,31-,33?,34?,36?,39-,40-,41+,42+/m1/s1. The fourth-order valence-electron chi connectivity index (χ4n) is 13.7.